The summed E-state index contributed by atoms with van der Waals surface area (Å²) in [5.41, 5.74) is 2.42. The Labute approximate surface area is 150 Å². The number of nitrogens with one attached hydrogen (secondary N) is 1. The van der Waals surface area contributed by atoms with Crippen LogP contribution in [-0.2, 0) is 11.3 Å². The molecule has 0 saturated carbocycles. The van der Waals surface area contributed by atoms with Gasteiger partial charge < -0.3 is 10.1 Å². The number of hydrogen-bond acceptors (Lipinski definition) is 3. The smallest absolute Gasteiger partial charge is 0.337 e. The maximum Gasteiger partial charge on any atom is 0.337 e. The van der Waals surface area contributed by atoms with Crippen LogP contribution in [0.25, 0.3) is 0 Å². The van der Waals surface area contributed by atoms with E-state index in [1.165, 1.54) is 7.11 Å². The Kier molecular flexibility index (Phi) is 5.89. The average Bonchev–Trinajstić information content (AvgIpc) is 2.46. The number of ether oxygens (including phenoxy) is 1. The fourth-order valence-corrected chi connectivity index (χ4v) is 3.20. The van der Waals surface area contributed by atoms with E-state index in [2.05, 4.69) is 43.8 Å². The Balaban J connectivity index is 2.11. The molecule has 0 amide bonds. The van der Waals surface area contributed by atoms with Gasteiger partial charge in [0.05, 0.1) is 23.4 Å². The second kappa shape index (κ2) is 7.47. The van der Waals surface area contributed by atoms with Gasteiger partial charge in [-0.15, -0.1) is 0 Å². The lowest BCUT2D eigenvalue weighted by Gasteiger charge is -2.11. The molecule has 0 saturated heterocycles. The van der Waals surface area contributed by atoms with Crippen LogP contribution >= 0.6 is 50.1 Å². The summed E-state index contributed by atoms with van der Waals surface area (Å²) in [6.07, 6.45) is 0. The summed E-state index contributed by atoms with van der Waals surface area (Å²) in [4.78, 5) is 11.5. The van der Waals surface area contributed by atoms with E-state index in [1.54, 1.807) is 12.1 Å². The minimum atomic E-state index is -0.351. The molecular formula is C15H12BrClINO2. The van der Waals surface area contributed by atoms with Crippen molar-refractivity contribution in [1.29, 1.82) is 0 Å². The van der Waals surface area contributed by atoms with Crippen LogP contribution < -0.4 is 5.32 Å². The second-order valence-corrected chi connectivity index (χ2v) is 6.78. The summed E-state index contributed by atoms with van der Waals surface area (Å²) >= 11 is 11.9. The van der Waals surface area contributed by atoms with Crippen LogP contribution in [0.4, 0.5) is 5.69 Å². The minimum Gasteiger partial charge on any atom is -0.465 e. The van der Waals surface area contributed by atoms with Crippen molar-refractivity contribution in [3.05, 3.63) is 60.6 Å². The fourth-order valence-electron chi connectivity index (χ4n) is 1.76. The van der Waals surface area contributed by atoms with Gasteiger partial charge in [-0.05, 0) is 58.5 Å². The summed E-state index contributed by atoms with van der Waals surface area (Å²) in [5, 5.41) is 3.96. The van der Waals surface area contributed by atoms with Crippen molar-refractivity contribution < 1.29 is 9.53 Å². The molecule has 0 unspecified atom stereocenters. The molecule has 0 aliphatic rings. The number of anilines is 1. The predicted octanol–water partition coefficient (Wildman–Crippen LogP) is 5.11. The highest BCUT2D eigenvalue weighted by Gasteiger charge is 2.09. The SMILES string of the molecule is COC(=O)c1ccc(CNc2ccc(I)cc2Cl)c(Br)c1. The standard InChI is InChI=1S/C15H12BrClINO2/c1-21-15(20)9-2-3-10(12(16)6-9)8-19-14-5-4-11(18)7-13(14)17/h2-7,19H,8H2,1H3. The highest BCUT2D eigenvalue weighted by atomic mass is 127. The lowest BCUT2D eigenvalue weighted by atomic mass is 10.1. The predicted molar refractivity (Wildman–Crippen MR) is 97.0 cm³/mol. The number of esters is 1. The lowest BCUT2D eigenvalue weighted by Crippen LogP contribution is -2.04. The lowest BCUT2D eigenvalue weighted by molar-refractivity contribution is 0.0600. The van der Waals surface area contributed by atoms with E-state index >= 15 is 0 Å². The van der Waals surface area contributed by atoms with Gasteiger partial charge in [0.15, 0.2) is 0 Å². The summed E-state index contributed by atoms with van der Waals surface area (Å²) < 4.78 is 6.63. The molecular weight excluding hydrogens is 468 g/mol. The first kappa shape index (κ1) is 16.6. The first-order chi connectivity index (χ1) is 10.0. The zero-order chi connectivity index (χ0) is 15.4. The zero-order valence-electron chi connectivity index (χ0n) is 11.1. The monoisotopic (exact) mass is 479 g/mol. The van der Waals surface area contributed by atoms with Crippen molar-refractivity contribution >= 4 is 61.8 Å². The molecule has 3 nitrogen and oxygen atoms in total. The molecule has 2 rings (SSSR count). The van der Waals surface area contributed by atoms with E-state index in [0.717, 1.165) is 19.3 Å². The van der Waals surface area contributed by atoms with Crippen molar-refractivity contribution in [1.82, 2.24) is 0 Å². The maximum atomic E-state index is 11.5. The first-order valence-corrected chi connectivity index (χ1v) is 8.32. The van der Waals surface area contributed by atoms with E-state index in [1.807, 2.05) is 24.3 Å². The van der Waals surface area contributed by atoms with Crippen molar-refractivity contribution in [3.63, 3.8) is 0 Å². The molecule has 0 radical (unpaired) electrons. The van der Waals surface area contributed by atoms with Crippen LogP contribution in [0.15, 0.2) is 40.9 Å². The highest BCUT2D eigenvalue weighted by Crippen LogP contribution is 2.26. The van der Waals surface area contributed by atoms with Crippen molar-refractivity contribution in [2.24, 2.45) is 0 Å². The maximum absolute atomic E-state index is 11.5. The number of halogens is 3. The van der Waals surface area contributed by atoms with Crippen LogP contribution in [-0.4, -0.2) is 13.1 Å². The fraction of sp³-hybridized carbons (Fsp3) is 0.133. The Bertz CT molecular complexity index is 679. The van der Waals surface area contributed by atoms with Gasteiger partial charge in [-0.1, -0.05) is 33.6 Å². The van der Waals surface area contributed by atoms with Gasteiger partial charge in [-0.3, -0.25) is 0 Å². The molecule has 0 spiro atoms. The minimum absolute atomic E-state index is 0.351. The van der Waals surface area contributed by atoms with Gasteiger partial charge in [0.1, 0.15) is 0 Å². The van der Waals surface area contributed by atoms with E-state index in [9.17, 15) is 4.79 Å². The quantitative estimate of drug-likeness (QED) is 0.489. The average molecular weight is 481 g/mol. The van der Waals surface area contributed by atoms with Crippen molar-refractivity contribution in [2.75, 3.05) is 12.4 Å². The van der Waals surface area contributed by atoms with Gasteiger partial charge in [-0.25, -0.2) is 4.79 Å². The summed E-state index contributed by atoms with van der Waals surface area (Å²) in [5.74, 6) is -0.351. The Morgan fingerprint density at radius 3 is 2.71 bits per heavy atom. The van der Waals surface area contributed by atoms with Crippen LogP contribution in [0.5, 0.6) is 0 Å². The number of carbonyl (C=O) groups excluding carboxylic acids is 1. The van der Waals surface area contributed by atoms with E-state index < -0.39 is 0 Å². The van der Waals surface area contributed by atoms with Crippen LogP contribution in [0.2, 0.25) is 5.02 Å². The molecule has 110 valence electrons. The van der Waals surface area contributed by atoms with Gasteiger partial charge in [0, 0.05) is 14.6 Å². The number of hydrogen-bond donors (Lipinski definition) is 1. The normalized spacial score (nSPS) is 10.3. The third-order valence-electron chi connectivity index (χ3n) is 2.87. The summed E-state index contributed by atoms with van der Waals surface area (Å²) in [6, 6.07) is 11.2. The topological polar surface area (TPSA) is 38.3 Å². The third-order valence-corrected chi connectivity index (χ3v) is 4.60. The molecule has 1 N–H and O–H groups in total. The summed E-state index contributed by atoms with van der Waals surface area (Å²) in [6.45, 7) is 0.600. The Hall–Kier alpha value is -0.790. The largest absolute Gasteiger partial charge is 0.465 e. The molecule has 6 heteroatoms. The molecule has 0 fully saturated rings. The molecule has 0 atom stereocenters. The van der Waals surface area contributed by atoms with Gasteiger partial charge >= 0.3 is 5.97 Å². The molecule has 0 bridgehead atoms. The van der Waals surface area contributed by atoms with Crippen LogP contribution in [0.3, 0.4) is 0 Å². The third kappa shape index (κ3) is 4.34. The summed E-state index contributed by atoms with van der Waals surface area (Å²) in [7, 11) is 1.37. The van der Waals surface area contributed by atoms with E-state index in [4.69, 9.17) is 16.3 Å². The highest BCUT2D eigenvalue weighted by molar-refractivity contribution is 14.1. The number of carbonyl (C=O) groups is 1. The van der Waals surface area contributed by atoms with Gasteiger partial charge in [0.25, 0.3) is 0 Å². The number of rotatable bonds is 4. The Morgan fingerprint density at radius 1 is 1.33 bits per heavy atom. The van der Waals surface area contributed by atoms with Crippen molar-refractivity contribution in [2.45, 2.75) is 6.54 Å². The van der Waals surface area contributed by atoms with Crippen molar-refractivity contribution in [3.8, 4) is 0 Å². The van der Waals surface area contributed by atoms with Gasteiger partial charge in [-0.2, -0.15) is 0 Å². The number of benzene rings is 2. The zero-order valence-corrected chi connectivity index (χ0v) is 15.6. The molecule has 0 heterocycles. The Morgan fingerprint density at radius 2 is 2.10 bits per heavy atom. The molecule has 0 aromatic heterocycles. The van der Waals surface area contributed by atoms with Gasteiger partial charge in [0.2, 0.25) is 0 Å². The second-order valence-electron chi connectivity index (χ2n) is 4.28. The molecule has 2 aromatic rings. The van der Waals surface area contributed by atoms with Crippen LogP contribution in [0, 0.1) is 3.57 Å². The van der Waals surface area contributed by atoms with E-state index in [-0.39, 0.29) is 5.97 Å². The molecule has 0 aliphatic heterocycles. The molecule has 0 aliphatic carbocycles. The van der Waals surface area contributed by atoms with E-state index in [0.29, 0.717) is 17.1 Å². The molecule has 2 aromatic carbocycles. The molecule has 21 heavy (non-hydrogen) atoms. The first-order valence-electron chi connectivity index (χ1n) is 6.07. The van der Waals surface area contributed by atoms with Crippen LogP contribution in [0.1, 0.15) is 15.9 Å². The number of methoxy groups -OCH3 is 1.